The summed E-state index contributed by atoms with van der Waals surface area (Å²) >= 11 is 6.21. The van der Waals surface area contributed by atoms with Crippen LogP contribution in [0.4, 0.5) is 0 Å². The van der Waals surface area contributed by atoms with E-state index >= 15 is 0 Å². The third-order valence-electron chi connectivity index (χ3n) is 7.03. The van der Waals surface area contributed by atoms with Crippen LogP contribution in [0.1, 0.15) is 38.2 Å². The first kappa shape index (κ1) is 24.0. The molecule has 180 valence electrons. The molecule has 33 heavy (non-hydrogen) atoms. The summed E-state index contributed by atoms with van der Waals surface area (Å²) in [7, 11) is 0. The molecule has 3 atom stereocenters. The molecule has 7 nitrogen and oxygen atoms in total. The Morgan fingerprint density at radius 3 is 2.73 bits per heavy atom. The zero-order chi connectivity index (χ0) is 23.2. The summed E-state index contributed by atoms with van der Waals surface area (Å²) < 4.78 is 6.02. The van der Waals surface area contributed by atoms with Crippen molar-refractivity contribution in [1.82, 2.24) is 20.4 Å². The molecular weight excluding hydrogens is 440 g/mol. The lowest BCUT2D eigenvalue weighted by Gasteiger charge is -2.39. The molecule has 3 aliphatic rings. The number of halogens is 1. The van der Waals surface area contributed by atoms with E-state index in [1.807, 2.05) is 18.2 Å². The zero-order valence-electron chi connectivity index (χ0n) is 19.4. The average molecular weight is 475 g/mol. The molecule has 8 heteroatoms. The molecule has 0 spiro atoms. The van der Waals surface area contributed by atoms with Crippen molar-refractivity contribution in [2.75, 3.05) is 45.8 Å². The van der Waals surface area contributed by atoms with E-state index in [4.69, 9.17) is 16.3 Å². The number of carbonyl (C=O) groups is 2. The Morgan fingerprint density at radius 1 is 1.21 bits per heavy atom. The van der Waals surface area contributed by atoms with Crippen LogP contribution in [0.25, 0.3) is 6.08 Å². The first-order valence-corrected chi connectivity index (χ1v) is 12.6. The summed E-state index contributed by atoms with van der Waals surface area (Å²) in [6.07, 6.45) is 4.66. The fraction of sp³-hybridized carbons (Fsp3) is 0.600. The lowest BCUT2D eigenvalue weighted by atomic mass is 9.82. The number of piperazine rings is 1. The molecule has 1 aromatic carbocycles. The van der Waals surface area contributed by atoms with Crippen LogP contribution in [0.15, 0.2) is 30.0 Å². The maximum absolute atomic E-state index is 12.7. The SMILES string of the molecule is CCN1CCN(CCCNC(=O)C2CCC3O/C(=C/c4ccccc4Cl)C(=O)NC3C2)CC1. The van der Waals surface area contributed by atoms with Gasteiger partial charge in [0.2, 0.25) is 5.91 Å². The summed E-state index contributed by atoms with van der Waals surface area (Å²) in [5, 5.41) is 6.73. The highest BCUT2D eigenvalue weighted by Gasteiger charge is 2.40. The predicted octanol–water partition coefficient (Wildman–Crippen LogP) is 2.51. The van der Waals surface area contributed by atoms with Crippen LogP contribution in [0.2, 0.25) is 5.02 Å². The van der Waals surface area contributed by atoms with Crippen molar-refractivity contribution in [2.24, 2.45) is 5.92 Å². The van der Waals surface area contributed by atoms with E-state index in [0.717, 1.165) is 64.1 Å². The average Bonchev–Trinajstić information content (AvgIpc) is 2.83. The topological polar surface area (TPSA) is 73.9 Å². The number of nitrogens with one attached hydrogen (secondary N) is 2. The fourth-order valence-corrected chi connectivity index (χ4v) is 5.14. The van der Waals surface area contributed by atoms with Gasteiger partial charge in [-0.05, 0) is 56.5 Å². The van der Waals surface area contributed by atoms with Gasteiger partial charge in [-0.1, -0.05) is 36.7 Å². The van der Waals surface area contributed by atoms with Gasteiger partial charge in [0.05, 0.1) is 6.04 Å². The molecule has 2 saturated heterocycles. The lowest BCUT2D eigenvalue weighted by molar-refractivity contribution is -0.134. The van der Waals surface area contributed by atoms with Gasteiger partial charge >= 0.3 is 0 Å². The van der Waals surface area contributed by atoms with Crippen molar-refractivity contribution in [3.05, 3.63) is 40.6 Å². The molecular formula is C25H35ClN4O3. The quantitative estimate of drug-likeness (QED) is 0.469. The summed E-state index contributed by atoms with van der Waals surface area (Å²) in [6.45, 7) is 9.55. The second-order valence-electron chi connectivity index (χ2n) is 9.20. The van der Waals surface area contributed by atoms with Crippen LogP contribution in [-0.4, -0.2) is 79.6 Å². The highest BCUT2D eigenvalue weighted by atomic mass is 35.5. The molecule has 4 rings (SSSR count). The molecule has 1 aliphatic carbocycles. The number of amides is 2. The van der Waals surface area contributed by atoms with E-state index in [0.29, 0.717) is 18.0 Å². The van der Waals surface area contributed by atoms with Crippen LogP contribution >= 0.6 is 11.6 Å². The Labute approximate surface area is 201 Å². The normalized spacial score (nSPS) is 27.5. The minimum Gasteiger partial charge on any atom is -0.483 e. The molecule has 2 amide bonds. The minimum atomic E-state index is -0.250. The number of hydrogen-bond acceptors (Lipinski definition) is 5. The first-order valence-electron chi connectivity index (χ1n) is 12.2. The summed E-state index contributed by atoms with van der Waals surface area (Å²) in [6, 6.07) is 7.22. The van der Waals surface area contributed by atoms with E-state index in [1.54, 1.807) is 12.1 Å². The van der Waals surface area contributed by atoms with Gasteiger partial charge in [-0.25, -0.2) is 0 Å². The molecule has 1 aromatic rings. The van der Waals surface area contributed by atoms with E-state index in [-0.39, 0.29) is 35.6 Å². The molecule has 3 unspecified atom stereocenters. The predicted molar refractivity (Wildman–Crippen MR) is 130 cm³/mol. The second kappa shape index (κ2) is 11.4. The minimum absolute atomic E-state index is 0.0858. The third kappa shape index (κ3) is 6.28. The summed E-state index contributed by atoms with van der Waals surface area (Å²) in [5.41, 5.74) is 0.753. The fourth-order valence-electron chi connectivity index (χ4n) is 4.95. The highest BCUT2D eigenvalue weighted by Crippen LogP contribution is 2.32. The van der Waals surface area contributed by atoms with Gasteiger partial charge in [-0.2, -0.15) is 0 Å². The number of likely N-dealkylation sites (N-methyl/N-ethyl adjacent to an activating group) is 1. The Morgan fingerprint density at radius 2 is 1.97 bits per heavy atom. The maximum Gasteiger partial charge on any atom is 0.286 e. The van der Waals surface area contributed by atoms with Crippen LogP contribution < -0.4 is 10.6 Å². The number of rotatable bonds is 7. The monoisotopic (exact) mass is 474 g/mol. The number of carbonyl (C=O) groups excluding carboxylic acids is 2. The number of ether oxygens (including phenoxy) is 1. The maximum atomic E-state index is 12.7. The highest BCUT2D eigenvalue weighted by molar-refractivity contribution is 6.32. The molecule has 0 aromatic heterocycles. The Bertz CT molecular complexity index is 869. The smallest absolute Gasteiger partial charge is 0.286 e. The lowest BCUT2D eigenvalue weighted by Crippen LogP contribution is -2.54. The molecule has 2 heterocycles. The van der Waals surface area contributed by atoms with Crippen molar-refractivity contribution in [1.29, 1.82) is 0 Å². The molecule has 3 fully saturated rings. The van der Waals surface area contributed by atoms with Crippen LogP contribution in [0, 0.1) is 5.92 Å². The number of hydrogen-bond donors (Lipinski definition) is 2. The van der Waals surface area contributed by atoms with E-state index in [9.17, 15) is 9.59 Å². The number of fused-ring (bicyclic) bond motifs is 1. The zero-order valence-corrected chi connectivity index (χ0v) is 20.2. The molecule has 2 aliphatic heterocycles. The standard InChI is InChI=1S/C25H35ClN4O3/c1-2-29-12-14-30(15-13-29)11-5-10-27-24(31)19-8-9-22-21(16-19)28-25(32)23(33-22)17-18-6-3-4-7-20(18)26/h3-4,6-7,17,19,21-22H,2,5,8-16H2,1H3,(H,27,31)(H,28,32)/b23-17+. The largest absolute Gasteiger partial charge is 0.483 e. The van der Waals surface area contributed by atoms with Crippen molar-refractivity contribution in [2.45, 2.75) is 44.8 Å². The summed E-state index contributed by atoms with van der Waals surface area (Å²) in [4.78, 5) is 30.3. The number of nitrogens with zero attached hydrogens (tertiary/aromatic N) is 2. The van der Waals surface area contributed by atoms with Crippen LogP contribution in [0.5, 0.6) is 0 Å². The van der Waals surface area contributed by atoms with Crippen LogP contribution in [-0.2, 0) is 14.3 Å². The van der Waals surface area contributed by atoms with Crippen LogP contribution in [0.3, 0.4) is 0 Å². The van der Waals surface area contributed by atoms with Crippen molar-refractivity contribution in [3.63, 3.8) is 0 Å². The summed E-state index contributed by atoms with van der Waals surface area (Å²) in [5.74, 6) is 0.0423. The van der Waals surface area contributed by atoms with Crippen molar-refractivity contribution in [3.8, 4) is 0 Å². The van der Waals surface area contributed by atoms with Crippen molar-refractivity contribution >= 4 is 29.5 Å². The van der Waals surface area contributed by atoms with Gasteiger partial charge in [0.1, 0.15) is 6.10 Å². The molecule has 0 bridgehead atoms. The molecule has 1 saturated carbocycles. The Hall–Kier alpha value is -2.09. The molecule has 0 radical (unpaired) electrons. The first-order chi connectivity index (χ1) is 16.0. The Kier molecular flexibility index (Phi) is 8.28. The van der Waals surface area contributed by atoms with E-state index in [2.05, 4.69) is 27.4 Å². The Balaban J connectivity index is 1.20. The van der Waals surface area contributed by atoms with Gasteiger partial charge in [0.25, 0.3) is 5.91 Å². The van der Waals surface area contributed by atoms with Gasteiger partial charge in [-0.3, -0.25) is 9.59 Å². The third-order valence-corrected chi connectivity index (χ3v) is 7.37. The van der Waals surface area contributed by atoms with Gasteiger partial charge in [0.15, 0.2) is 5.76 Å². The van der Waals surface area contributed by atoms with E-state index in [1.165, 1.54) is 0 Å². The number of morpholine rings is 1. The van der Waals surface area contributed by atoms with E-state index < -0.39 is 0 Å². The number of benzene rings is 1. The molecule has 2 N–H and O–H groups in total. The van der Waals surface area contributed by atoms with Gasteiger partial charge in [-0.15, -0.1) is 0 Å². The van der Waals surface area contributed by atoms with Gasteiger partial charge in [0, 0.05) is 43.7 Å². The van der Waals surface area contributed by atoms with Gasteiger partial charge < -0.3 is 25.2 Å². The van der Waals surface area contributed by atoms with Crippen molar-refractivity contribution < 1.29 is 14.3 Å². The second-order valence-corrected chi connectivity index (χ2v) is 9.60.